The minimum Gasteiger partial charge on any atom is -0.372 e. The Balaban J connectivity index is 1.61. The van der Waals surface area contributed by atoms with Crippen molar-refractivity contribution >= 4 is 23.4 Å². The van der Waals surface area contributed by atoms with Gasteiger partial charge < -0.3 is 14.8 Å². The first kappa shape index (κ1) is 23.7. The van der Waals surface area contributed by atoms with E-state index >= 15 is 0 Å². The Bertz CT molecular complexity index is 1070. The number of halogens is 2. The third kappa shape index (κ3) is 5.45. The standard InChI is InChI=1S/C23H27F2N5OS/c1-5-30(6-2)18-10-7-16(8-11-18)22-27-28-23(29(22)4)32-14-21(31)26-15(3)19-12-9-17(24)13-20(19)25/h7-13,15H,5-6,14H2,1-4H3,(H,26,31). The smallest absolute Gasteiger partial charge is 0.230 e. The Morgan fingerprint density at radius 2 is 1.81 bits per heavy atom. The molecule has 0 aliphatic carbocycles. The van der Waals surface area contributed by atoms with Crippen LogP contribution >= 0.6 is 11.8 Å². The number of benzene rings is 2. The van der Waals surface area contributed by atoms with Gasteiger partial charge in [0.2, 0.25) is 5.91 Å². The van der Waals surface area contributed by atoms with Gasteiger partial charge in [-0.15, -0.1) is 10.2 Å². The average molecular weight is 460 g/mol. The molecule has 1 heterocycles. The van der Waals surface area contributed by atoms with Crippen LogP contribution in [0.25, 0.3) is 11.4 Å². The molecular formula is C23H27F2N5OS. The van der Waals surface area contributed by atoms with Crippen LogP contribution in [0.1, 0.15) is 32.4 Å². The number of hydrogen-bond acceptors (Lipinski definition) is 5. The average Bonchev–Trinajstić information content (AvgIpc) is 3.14. The van der Waals surface area contributed by atoms with E-state index in [0.717, 1.165) is 30.4 Å². The topological polar surface area (TPSA) is 63.1 Å². The summed E-state index contributed by atoms with van der Waals surface area (Å²) in [5.41, 5.74) is 2.32. The molecule has 1 N–H and O–H groups in total. The second-order valence-corrected chi connectivity index (χ2v) is 8.27. The van der Waals surface area contributed by atoms with E-state index in [1.54, 1.807) is 6.92 Å². The molecule has 0 saturated carbocycles. The van der Waals surface area contributed by atoms with Crippen molar-refractivity contribution in [2.75, 3.05) is 23.7 Å². The summed E-state index contributed by atoms with van der Waals surface area (Å²) >= 11 is 1.25. The van der Waals surface area contributed by atoms with E-state index in [9.17, 15) is 13.6 Å². The highest BCUT2D eigenvalue weighted by Crippen LogP contribution is 2.25. The van der Waals surface area contributed by atoms with Crippen LogP contribution in [0.2, 0.25) is 0 Å². The van der Waals surface area contributed by atoms with Crippen molar-refractivity contribution in [1.82, 2.24) is 20.1 Å². The molecule has 3 aromatic rings. The van der Waals surface area contributed by atoms with Gasteiger partial charge in [-0.3, -0.25) is 4.79 Å². The first-order valence-electron chi connectivity index (χ1n) is 10.5. The first-order valence-corrected chi connectivity index (χ1v) is 11.4. The number of anilines is 1. The molecule has 1 aromatic heterocycles. The Morgan fingerprint density at radius 1 is 1.12 bits per heavy atom. The number of rotatable bonds is 9. The third-order valence-electron chi connectivity index (χ3n) is 5.23. The van der Waals surface area contributed by atoms with Gasteiger partial charge >= 0.3 is 0 Å². The maximum atomic E-state index is 13.9. The summed E-state index contributed by atoms with van der Waals surface area (Å²) < 4.78 is 28.8. The molecule has 0 saturated heterocycles. The third-order valence-corrected chi connectivity index (χ3v) is 6.25. The second-order valence-electron chi connectivity index (χ2n) is 7.33. The van der Waals surface area contributed by atoms with E-state index in [-0.39, 0.29) is 17.2 Å². The van der Waals surface area contributed by atoms with Gasteiger partial charge in [-0.05, 0) is 51.1 Å². The van der Waals surface area contributed by atoms with Crippen molar-refractivity contribution < 1.29 is 13.6 Å². The van der Waals surface area contributed by atoms with E-state index in [0.29, 0.717) is 11.0 Å². The number of thioether (sulfide) groups is 1. The zero-order valence-corrected chi connectivity index (χ0v) is 19.4. The van der Waals surface area contributed by atoms with Gasteiger partial charge in [-0.2, -0.15) is 0 Å². The van der Waals surface area contributed by atoms with Crippen molar-refractivity contribution in [3.05, 3.63) is 59.7 Å². The van der Waals surface area contributed by atoms with Crippen LogP contribution in [0.15, 0.2) is 47.6 Å². The molecule has 0 radical (unpaired) electrons. The van der Waals surface area contributed by atoms with Crippen LogP contribution in [0.5, 0.6) is 0 Å². The van der Waals surface area contributed by atoms with Crippen molar-refractivity contribution in [1.29, 1.82) is 0 Å². The van der Waals surface area contributed by atoms with Gasteiger partial charge in [0, 0.05) is 43.0 Å². The molecule has 0 fully saturated rings. The molecule has 1 amide bonds. The lowest BCUT2D eigenvalue weighted by atomic mass is 10.1. The van der Waals surface area contributed by atoms with Crippen LogP contribution in [-0.4, -0.2) is 39.5 Å². The second kappa shape index (κ2) is 10.6. The molecule has 0 aliphatic rings. The van der Waals surface area contributed by atoms with E-state index in [1.807, 2.05) is 23.7 Å². The number of nitrogens with zero attached hydrogens (tertiary/aromatic N) is 4. The van der Waals surface area contributed by atoms with Crippen LogP contribution in [0, 0.1) is 11.6 Å². The predicted molar refractivity (Wildman–Crippen MR) is 124 cm³/mol. The summed E-state index contributed by atoms with van der Waals surface area (Å²) in [5, 5.41) is 11.8. The SMILES string of the molecule is CCN(CC)c1ccc(-c2nnc(SCC(=O)NC(C)c3ccc(F)cc3F)n2C)cc1. The van der Waals surface area contributed by atoms with Gasteiger partial charge in [-0.1, -0.05) is 17.8 Å². The molecule has 32 heavy (non-hydrogen) atoms. The Kier molecular flexibility index (Phi) is 7.84. The number of aromatic nitrogens is 3. The Hall–Kier alpha value is -2.94. The minimum atomic E-state index is -0.685. The zero-order chi connectivity index (χ0) is 23.3. The lowest BCUT2D eigenvalue weighted by molar-refractivity contribution is -0.119. The van der Waals surface area contributed by atoms with Gasteiger partial charge in [0.15, 0.2) is 11.0 Å². The van der Waals surface area contributed by atoms with E-state index in [1.165, 1.54) is 23.9 Å². The number of amides is 1. The molecule has 6 nitrogen and oxygen atoms in total. The molecule has 9 heteroatoms. The summed E-state index contributed by atoms with van der Waals surface area (Å²) in [6.07, 6.45) is 0. The summed E-state index contributed by atoms with van der Waals surface area (Å²) in [6, 6.07) is 10.9. The molecule has 1 unspecified atom stereocenters. The first-order chi connectivity index (χ1) is 15.3. The van der Waals surface area contributed by atoms with Gasteiger partial charge in [0.25, 0.3) is 0 Å². The largest absolute Gasteiger partial charge is 0.372 e. The van der Waals surface area contributed by atoms with Crippen molar-refractivity contribution in [2.24, 2.45) is 7.05 Å². The fraction of sp³-hybridized carbons (Fsp3) is 0.348. The molecule has 170 valence electrons. The molecule has 3 rings (SSSR count). The van der Waals surface area contributed by atoms with Crippen LogP contribution in [-0.2, 0) is 11.8 Å². The van der Waals surface area contributed by atoms with Crippen LogP contribution in [0.4, 0.5) is 14.5 Å². The minimum absolute atomic E-state index is 0.0972. The number of carbonyl (C=O) groups excluding carboxylic acids is 1. The maximum absolute atomic E-state index is 13.9. The Labute approximate surface area is 191 Å². The van der Waals surface area contributed by atoms with Gasteiger partial charge in [0.05, 0.1) is 11.8 Å². The van der Waals surface area contributed by atoms with E-state index in [4.69, 9.17) is 0 Å². The van der Waals surface area contributed by atoms with Crippen molar-refractivity contribution in [3.8, 4) is 11.4 Å². The lowest BCUT2D eigenvalue weighted by Crippen LogP contribution is -2.28. The fourth-order valence-corrected chi connectivity index (χ4v) is 4.17. The van der Waals surface area contributed by atoms with Gasteiger partial charge in [0.1, 0.15) is 11.6 Å². The van der Waals surface area contributed by atoms with Crippen LogP contribution < -0.4 is 10.2 Å². The predicted octanol–water partition coefficient (Wildman–Crippen LogP) is 4.58. The molecule has 0 aliphatic heterocycles. The molecule has 2 aromatic carbocycles. The Morgan fingerprint density at radius 3 is 2.44 bits per heavy atom. The number of nitrogens with one attached hydrogen (secondary N) is 1. The van der Waals surface area contributed by atoms with Crippen molar-refractivity contribution in [3.63, 3.8) is 0 Å². The highest BCUT2D eigenvalue weighted by atomic mass is 32.2. The maximum Gasteiger partial charge on any atom is 0.230 e. The number of carbonyl (C=O) groups is 1. The summed E-state index contributed by atoms with van der Waals surface area (Å²) in [7, 11) is 1.85. The monoisotopic (exact) mass is 459 g/mol. The quantitative estimate of drug-likeness (QED) is 0.475. The van der Waals surface area contributed by atoms with Crippen LogP contribution in [0.3, 0.4) is 0 Å². The zero-order valence-electron chi connectivity index (χ0n) is 18.6. The molecule has 0 bridgehead atoms. The van der Waals surface area contributed by atoms with Crippen molar-refractivity contribution in [2.45, 2.75) is 32.0 Å². The summed E-state index contributed by atoms with van der Waals surface area (Å²) in [6.45, 7) is 7.78. The highest BCUT2D eigenvalue weighted by molar-refractivity contribution is 7.99. The highest BCUT2D eigenvalue weighted by Gasteiger charge is 2.17. The van der Waals surface area contributed by atoms with E-state index in [2.05, 4.69) is 46.4 Å². The summed E-state index contributed by atoms with van der Waals surface area (Å²) in [4.78, 5) is 14.6. The molecular weight excluding hydrogens is 432 g/mol. The summed E-state index contributed by atoms with van der Waals surface area (Å²) in [5.74, 6) is -0.809. The fourth-order valence-electron chi connectivity index (χ4n) is 3.45. The van der Waals surface area contributed by atoms with E-state index < -0.39 is 17.7 Å². The normalized spacial score (nSPS) is 11.9. The lowest BCUT2D eigenvalue weighted by Gasteiger charge is -2.21. The number of hydrogen-bond donors (Lipinski definition) is 1. The van der Waals surface area contributed by atoms with Gasteiger partial charge in [-0.25, -0.2) is 8.78 Å². The molecule has 0 spiro atoms. The molecule has 1 atom stereocenters.